The van der Waals surface area contributed by atoms with Crippen molar-refractivity contribution in [1.29, 1.82) is 0 Å². The van der Waals surface area contributed by atoms with Gasteiger partial charge in [-0.25, -0.2) is 4.79 Å². The summed E-state index contributed by atoms with van der Waals surface area (Å²) >= 11 is 0. The van der Waals surface area contributed by atoms with Crippen LogP contribution in [0.4, 0.5) is 10.5 Å². The van der Waals surface area contributed by atoms with Crippen molar-refractivity contribution < 1.29 is 9.53 Å². The van der Waals surface area contributed by atoms with Crippen LogP contribution in [-0.2, 0) is 10.3 Å². The fraction of sp³-hybridized carbons (Fsp3) is 0.765. The Bertz CT molecular complexity index is 560. The molecule has 0 radical (unpaired) electrons. The Balaban J connectivity index is 1.48. The minimum absolute atomic E-state index is 0.0204. The molecule has 1 N–H and O–H groups in total. The zero-order valence-corrected chi connectivity index (χ0v) is 15.0. The van der Waals surface area contributed by atoms with E-state index in [0.717, 1.165) is 58.0 Å². The lowest BCUT2D eigenvalue weighted by Crippen LogP contribution is -2.40. The molecule has 0 unspecified atom stereocenters. The Labute approximate surface area is 143 Å². The summed E-state index contributed by atoms with van der Waals surface area (Å²) in [5.74, 6) is 0.561. The van der Waals surface area contributed by atoms with Gasteiger partial charge in [-0.3, -0.25) is 9.58 Å². The molecule has 2 aliphatic rings. The van der Waals surface area contributed by atoms with Crippen LogP contribution in [0.3, 0.4) is 0 Å². The van der Waals surface area contributed by atoms with Gasteiger partial charge in [-0.05, 0) is 33.1 Å². The van der Waals surface area contributed by atoms with Crippen molar-refractivity contribution in [2.75, 3.05) is 51.3 Å². The Morgan fingerprint density at radius 2 is 2.08 bits per heavy atom. The number of carbonyl (C=O) groups is 1. The Hall–Kier alpha value is -1.60. The van der Waals surface area contributed by atoms with Gasteiger partial charge in [0.25, 0.3) is 0 Å². The van der Waals surface area contributed by atoms with Crippen LogP contribution in [0.1, 0.15) is 27.2 Å². The Morgan fingerprint density at radius 3 is 2.75 bits per heavy atom. The molecule has 134 valence electrons. The minimum atomic E-state index is -0.0835. The van der Waals surface area contributed by atoms with E-state index >= 15 is 0 Å². The maximum Gasteiger partial charge on any atom is 0.321 e. The predicted octanol–water partition coefficient (Wildman–Crippen LogP) is 1.82. The van der Waals surface area contributed by atoms with Crippen molar-refractivity contribution in [3.05, 3.63) is 12.4 Å². The van der Waals surface area contributed by atoms with Gasteiger partial charge in [-0.15, -0.1) is 0 Å². The molecule has 2 amide bonds. The van der Waals surface area contributed by atoms with Crippen LogP contribution in [0.5, 0.6) is 0 Å². The summed E-state index contributed by atoms with van der Waals surface area (Å²) in [4.78, 5) is 16.8. The van der Waals surface area contributed by atoms with E-state index in [2.05, 4.69) is 36.1 Å². The van der Waals surface area contributed by atoms with Gasteiger partial charge in [0.15, 0.2) is 0 Å². The van der Waals surface area contributed by atoms with Crippen LogP contribution in [0, 0.1) is 5.92 Å². The summed E-state index contributed by atoms with van der Waals surface area (Å²) in [6.07, 6.45) is 4.68. The highest BCUT2D eigenvalue weighted by molar-refractivity contribution is 5.89. The lowest BCUT2D eigenvalue weighted by Gasteiger charge is -2.29. The van der Waals surface area contributed by atoms with E-state index in [1.165, 1.54) is 0 Å². The number of anilines is 1. The molecule has 1 aromatic rings. The van der Waals surface area contributed by atoms with E-state index < -0.39 is 0 Å². The van der Waals surface area contributed by atoms with Gasteiger partial charge in [0.2, 0.25) is 0 Å². The van der Waals surface area contributed by atoms with Gasteiger partial charge in [0, 0.05) is 38.9 Å². The Morgan fingerprint density at radius 1 is 1.33 bits per heavy atom. The molecule has 0 bridgehead atoms. The van der Waals surface area contributed by atoms with Crippen molar-refractivity contribution in [1.82, 2.24) is 19.6 Å². The summed E-state index contributed by atoms with van der Waals surface area (Å²) in [6, 6.07) is -0.0204. The standard InChI is InChI=1S/C17H29N5O2/c1-17(2,3)22-13-15(10-18-22)19-16(23)21-5-4-14(12-21)11-20-6-8-24-9-7-20/h10,13-14H,4-9,11-12H2,1-3H3,(H,19,23)/t14-/m1/s1. The highest BCUT2D eigenvalue weighted by atomic mass is 16.5. The second-order valence-corrected chi connectivity index (χ2v) is 7.79. The van der Waals surface area contributed by atoms with Crippen LogP contribution >= 0.6 is 0 Å². The second-order valence-electron chi connectivity index (χ2n) is 7.79. The van der Waals surface area contributed by atoms with Crippen molar-refractivity contribution in [3.63, 3.8) is 0 Å². The number of urea groups is 1. The molecule has 2 saturated heterocycles. The highest BCUT2D eigenvalue weighted by Crippen LogP contribution is 2.20. The number of rotatable bonds is 3. The molecule has 3 heterocycles. The first kappa shape index (κ1) is 17.2. The van der Waals surface area contributed by atoms with E-state index in [9.17, 15) is 4.79 Å². The van der Waals surface area contributed by atoms with E-state index in [1.807, 2.05) is 15.8 Å². The average Bonchev–Trinajstić information content (AvgIpc) is 3.17. The molecule has 7 heteroatoms. The van der Waals surface area contributed by atoms with Gasteiger partial charge in [-0.2, -0.15) is 5.10 Å². The number of morpholine rings is 1. The van der Waals surface area contributed by atoms with Crippen molar-refractivity contribution in [3.8, 4) is 0 Å². The molecular weight excluding hydrogens is 306 g/mol. The summed E-state index contributed by atoms with van der Waals surface area (Å²) in [5.41, 5.74) is 0.673. The van der Waals surface area contributed by atoms with E-state index in [4.69, 9.17) is 4.74 Å². The first-order chi connectivity index (χ1) is 11.4. The quantitative estimate of drug-likeness (QED) is 0.915. The Kier molecular flexibility index (Phi) is 5.10. The first-order valence-corrected chi connectivity index (χ1v) is 8.83. The molecule has 2 aliphatic heterocycles. The van der Waals surface area contributed by atoms with Crippen molar-refractivity contribution in [2.24, 2.45) is 5.92 Å². The van der Waals surface area contributed by atoms with E-state index in [0.29, 0.717) is 5.92 Å². The smallest absolute Gasteiger partial charge is 0.321 e. The van der Waals surface area contributed by atoms with Gasteiger partial charge < -0.3 is 15.0 Å². The number of ether oxygens (including phenoxy) is 1. The molecule has 0 aliphatic carbocycles. The highest BCUT2D eigenvalue weighted by Gasteiger charge is 2.28. The van der Waals surface area contributed by atoms with Gasteiger partial charge in [-0.1, -0.05) is 0 Å². The van der Waals surface area contributed by atoms with Gasteiger partial charge >= 0.3 is 6.03 Å². The van der Waals surface area contributed by atoms with Gasteiger partial charge in [0.1, 0.15) is 0 Å². The molecule has 2 fully saturated rings. The number of aromatic nitrogens is 2. The molecule has 1 aromatic heterocycles. The van der Waals surface area contributed by atoms with Crippen LogP contribution in [-0.4, -0.2) is 71.5 Å². The molecule has 24 heavy (non-hydrogen) atoms. The summed E-state index contributed by atoms with van der Waals surface area (Å²) in [7, 11) is 0. The lowest BCUT2D eigenvalue weighted by molar-refractivity contribution is 0.0314. The second kappa shape index (κ2) is 7.11. The van der Waals surface area contributed by atoms with E-state index in [-0.39, 0.29) is 11.6 Å². The number of likely N-dealkylation sites (tertiary alicyclic amines) is 1. The summed E-state index contributed by atoms with van der Waals surface area (Å²) < 4.78 is 7.26. The molecule has 0 spiro atoms. The predicted molar refractivity (Wildman–Crippen MR) is 93.2 cm³/mol. The first-order valence-electron chi connectivity index (χ1n) is 8.83. The normalized spacial score (nSPS) is 22.8. The van der Waals surface area contributed by atoms with Gasteiger partial charge in [0.05, 0.1) is 30.6 Å². The number of amides is 2. The molecule has 1 atom stereocenters. The number of hydrogen-bond acceptors (Lipinski definition) is 4. The molecule has 3 rings (SSSR count). The van der Waals surface area contributed by atoms with E-state index in [1.54, 1.807) is 6.20 Å². The van der Waals surface area contributed by atoms with Crippen LogP contribution in [0.2, 0.25) is 0 Å². The summed E-state index contributed by atoms with van der Waals surface area (Å²) in [6.45, 7) is 12.7. The van der Waals surface area contributed by atoms with Crippen LogP contribution < -0.4 is 5.32 Å². The fourth-order valence-corrected chi connectivity index (χ4v) is 3.27. The maximum absolute atomic E-state index is 12.5. The van der Waals surface area contributed by atoms with Crippen molar-refractivity contribution in [2.45, 2.75) is 32.7 Å². The zero-order chi connectivity index (χ0) is 17.2. The number of hydrogen-bond donors (Lipinski definition) is 1. The van der Waals surface area contributed by atoms with Crippen LogP contribution in [0.25, 0.3) is 0 Å². The number of nitrogens with one attached hydrogen (secondary N) is 1. The number of carbonyl (C=O) groups excluding carboxylic acids is 1. The third kappa shape index (κ3) is 4.27. The zero-order valence-electron chi connectivity index (χ0n) is 15.0. The molecular formula is C17H29N5O2. The number of nitrogens with zero attached hydrogens (tertiary/aromatic N) is 4. The fourth-order valence-electron chi connectivity index (χ4n) is 3.27. The maximum atomic E-state index is 12.5. The topological polar surface area (TPSA) is 62.6 Å². The minimum Gasteiger partial charge on any atom is -0.379 e. The molecule has 0 saturated carbocycles. The molecule has 7 nitrogen and oxygen atoms in total. The molecule has 0 aromatic carbocycles. The lowest BCUT2D eigenvalue weighted by atomic mass is 10.1. The summed E-state index contributed by atoms with van der Waals surface area (Å²) in [5, 5.41) is 7.29. The van der Waals surface area contributed by atoms with Crippen LogP contribution in [0.15, 0.2) is 12.4 Å². The SMILES string of the molecule is CC(C)(C)n1cc(NC(=O)N2CC[C@H](CN3CCOCC3)C2)cn1. The monoisotopic (exact) mass is 335 g/mol. The average molecular weight is 335 g/mol. The third-order valence-electron chi connectivity index (χ3n) is 4.71. The third-order valence-corrected chi connectivity index (χ3v) is 4.71. The largest absolute Gasteiger partial charge is 0.379 e. The van der Waals surface area contributed by atoms with Crippen molar-refractivity contribution >= 4 is 11.7 Å².